The number of rotatable bonds is 1. The molecule has 1 N–H and O–H groups in total. The second kappa shape index (κ2) is 3.98. The van der Waals surface area contributed by atoms with Crippen molar-refractivity contribution in [3.8, 4) is 0 Å². The molecule has 3 rings (SSSR count). The van der Waals surface area contributed by atoms with Gasteiger partial charge in [-0.05, 0) is 67.1 Å². The molecule has 0 saturated heterocycles. The molecule has 0 aromatic carbocycles. The molecule has 1 nitrogen and oxygen atoms in total. The highest BCUT2D eigenvalue weighted by Crippen LogP contribution is 2.63. The molecule has 3 aliphatic carbocycles. The number of hydrogen-bond acceptors (Lipinski definition) is 1. The lowest BCUT2D eigenvalue weighted by atomic mass is 9.62. The minimum Gasteiger partial charge on any atom is -0.393 e. The van der Waals surface area contributed by atoms with E-state index in [0.29, 0.717) is 5.41 Å². The summed E-state index contributed by atoms with van der Waals surface area (Å²) in [6.07, 6.45) is 7.75. The van der Waals surface area contributed by atoms with Gasteiger partial charge in [0.05, 0.1) is 6.10 Å². The van der Waals surface area contributed by atoms with Crippen molar-refractivity contribution >= 4 is 0 Å². The molecule has 1 heteroatoms. The number of fused-ring (bicyclic) bond motifs is 2. The van der Waals surface area contributed by atoms with Gasteiger partial charge in [0.15, 0.2) is 0 Å². The summed E-state index contributed by atoms with van der Waals surface area (Å²) in [6.45, 7) is 7.44. The molecule has 3 saturated carbocycles. The minimum atomic E-state index is 0.0104. The SMILES string of the molecule is C[C@@H]1[C@@H]2C[C@@H](C[C@H]2[C@@H]2CCC[C@H](O)C2)C1(C)C. The molecule has 0 radical (unpaired) electrons. The first-order valence-electron chi connectivity index (χ1n) is 7.68. The maximum Gasteiger partial charge on any atom is 0.0543 e. The Morgan fingerprint density at radius 3 is 2.29 bits per heavy atom. The summed E-state index contributed by atoms with van der Waals surface area (Å²) >= 11 is 0. The monoisotopic (exact) mass is 236 g/mol. The average Bonchev–Trinajstić information content (AvgIpc) is 2.79. The average molecular weight is 236 g/mol. The second-order valence-electron chi connectivity index (χ2n) is 7.69. The molecule has 17 heavy (non-hydrogen) atoms. The molecule has 98 valence electrons. The van der Waals surface area contributed by atoms with E-state index in [1.54, 1.807) is 0 Å². The summed E-state index contributed by atoms with van der Waals surface area (Å²) in [5.74, 6) is 4.60. The predicted molar refractivity (Wildman–Crippen MR) is 70.6 cm³/mol. The molecule has 3 aliphatic rings. The van der Waals surface area contributed by atoms with Crippen LogP contribution in [-0.2, 0) is 0 Å². The molecule has 2 bridgehead atoms. The topological polar surface area (TPSA) is 20.2 Å². The highest BCUT2D eigenvalue weighted by atomic mass is 16.3. The van der Waals surface area contributed by atoms with Gasteiger partial charge in [0.1, 0.15) is 0 Å². The van der Waals surface area contributed by atoms with Crippen molar-refractivity contribution in [2.75, 3.05) is 0 Å². The summed E-state index contributed by atoms with van der Waals surface area (Å²) in [5, 5.41) is 9.88. The Hall–Kier alpha value is -0.0400. The fourth-order valence-electron chi connectivity index (χ4n) is 5.34. The van der Waals surface area contributed by atoms with Crippen LogP contribution in [0, 0.1) is 35.0 Å². The van der Waals surface area contributed by atoms with Gasteiger partial charge in [0.2, 0.25) is 0 Å². The third kappa shape index (κ3) is 1.77. The predicted octanol–water partition coefficient (Wildman–Crippen LogP) is 3.86. The molecule has 0 spiro atoms. The van der Waals surface area contributed by atoms with Gasteiger partial charge in [-0.15, -0.1) is 0 Å². The fraction of sp³-hybridized carbons (Fsp3) is 1.00. The Kier molecular flexibility index (Phi) is 2.81. The van der Waals surface area contributed by atoms with Crippen LogP contribution >= 0.6 is 0 Å². The maximum absolute atomic E-state index is 9.88. The van der Waals surface area contributed by atoms with Crippen molar-refractivity contribution in [1.82, 2.24) is 0 Å². The van der Waals surface area contributed by atoms with Crippen molar-refractivity contribution in [2.24, 2.45) is 35.0 Å². The summed E-state index contributed by atoms with van der Waals surface area (Å²) in [6, 6.07) is 0. The summed E-state index contributed by atoms with van der Waals surface area (Å²) in [5.41, 5.74) is 0.578. The number of aliphatic hydroxyl groups excluding tert-OH is 1. The van der Waals surface area contributed by atoms with E-state index in [0.717, 1.165) is 42.4 Å². The molecule has 0 amide bonds. The van der Waals surface area contributed by atoms with E-state index in [2.05, 4.69) is 20.8 Å². The lowest BCUT2D eigenvalue weighted by Crippen LogP contribution is -2.37. The van der Waals surface area contributed by atoms with E-state index >= 15 is 0 Å². The molecular weight excluding hydrogens is 208 g/mol. The first-order chi connectivity index (χ1) is 8.00. The van der Waals surface area contributed by atoms with E-state index in [4.69, 9.17) is 0 Å². The highest BCUT2D eigenvalue weighted by molar-refractivity contribution is 5.05. The largest absolute Gasteiger partial charge is 0.393 e. The Morgan fingerprint density at radius 2 is 1.71 bits per heavy atom. The van der Waals surface area contributed by atoms with E-state index in [1.807, 2.05) is 0 Å². The van der Waals surface area contributed by atoms with Gasteiger partial charge in [-0.25, -0.2) is 0 Å². The Labute approximate surface area is 106 Å². The van der Waals surface area contributed by atoms with Crippen LogP contribution < -0.4 is 0 Å². The van der Waals surface area contributed by atoms with E-state index < -0.39 is 0 Å². The highest BCUT2D eigenvalue weighted by Gasteiger charge is 2.56. The minimum absolute atomic E-state index is 0.0104. The van der Waals surface area contributed by atoms with Gasteiger partial charge < -0.3 is 5.11 Å². The van der Waals surface area contributed by atoms with Crippen LogP contribution in [0.2, 0.25) is 0 Å². The zero-order chi connectivity index (χ0) is 12.2. The summed E-state index contributed by atoms with van der Waals surface area (Å²) < 4.78 is 0. The first kappa shape index (κ1) is 12.0. The molecule has 0 unspecified atom stereocenters. The molecule has 0 aliphatic heterocycles. The summed E-state index contributed by atoms with van der Waals surface area (Å²) in [7, 11) is 0. The Balaban J connectivity index is 1.72. The zero-order valence-electron chi connectivity index (χ0n) is 11.7. The van der Waals surface area contributed by atoms with E-state index in [9.17, 15) is 5.11 Å². The third-order valence-electron chi connectivity index (χ3n) is 6.82. The van der Waals surface area contributed by atoms with Crippen molar-refractivity contribution in [3.05, 3.63) is 0 Å². The lowest BCUT2D eigenvalue weighted by molar-refractivity contribution is 0.0247. The van der Waals surface area contributed by atoms with Gasteiger partial charge in [0.25, 0.3) is 0 Å². The quantitative estimate of drug-likeness (QED) is 0.733. The Bertz CT molecular complexity index is 292. The zero-order valence-corrected chi connectivity index (χ0v) is 11.7. The van der Waals surface area contributed by atoms with Crippen molar-refractivity contribution in [3.63, 3.8) is 0 Å². The number of hydrogen-bond donors (Lipinski definition) is 1. The van der Waals surface area contributed by atoms with Crippen LogP contribution in [0.15, 0.2) is 0 Å². The normalized spacial score (nSPS) is 52.9. The van der Waals surface area contributed by atoms with Crippen LogP contribution in [0.25, 0.3) is 0 Å². The molecule has 6 atom stereocenters. The van der Waals surface area contributed by atoms with Gasteiger partial charge in [0, 0.05) is 0 Å². The fourth-order valence-corrected chi connectivity index (χ4v) is 5.34. The summed E-state index contributed by atoms with van der Waals surface area (Å²) in [4.78, 5) is 0. The first-order valence-corrected chi connectivity index (χ1v) is 7.68. The van der Waals surface area contributed by atoms with Crippen molar-refractivity contribution in [1.29, 1.82) is 0 Å². The molecule has 0 heterocycles. The van der Waals surface area contributed by atoms with Gasteiger partial charge in [-0.2, -0.15) is 0 Å². The van der Waals surface area contributed by atoms with E-state index in [-0.39, 0.29) is 6.10 Å². The maximum atomic E-state index is 9.88. The van der Waals surface area contributed by atoms with Crippen molar-refractivity contribution < 1.29 is 5.11 Å². The molecule has 0 aromatic rings. The molecular formula is C16H28O. The van der Waals surface area contributed by atoms with Gasteiger partial charge in [-0.3, -0.25) is 0 Å². The van der Waals surface area contributed by atoms with Gasteiger partial charge in [-0.1, -0.05) is 27.2 Å². The number of aliphatic hydroxyl groups is 1. The smallest absolute Gasteiger partial charge is 0.0543 e. The van der Waals surface area contributed by atoms with Crippen LogP contribution in [0.3, 0.4) is 0 Å². The molecule has 3 fully saturated rings. The van der Waals surface area contributed by atoms with Crippen LogP contribution in [0.5, 0.6) is 0 Å². The molecule has 0 aromatic heterocycles. The van der Waals surface area contributed by atoms with Crippen LogP contribution in [0.4, 0.5) is 0 Å². The lowest BCUT2D eigenvalue weighted by Gasteiger charge is -2.44. The van der Waals surface area contributed by atoms with Crippen LogP contribution in [-0.4, -0.2) is 11.2 Å². The third-order valence-corrected chi connectivity index (χ3v) is 6.82. The van der Waals surface area contributed by atoms with Crippen molar-refractivity contribution in [2.45, 2.75) is 65.4 Å². The van der Waals surface area contributed by atoms with Crippen LogP contribution in [0.1, 0.15) is 59.3 Å². The van der Waals surface area contributed by atoms with E-state index in [1.165, 1.54) is 25.7 Å². The van der Waals surface area contributed by atoms with Gasteiger partial charge >= 0.3 is 0 Å². The Morgan fingerprint density at radius 1 is 1.00 bits per heavy atom. The second-order valence-corrected chi connectivity index (χ2v) is 7.69. The standard InChI is InChI=1S/C16H28O/c1-10-14-8-12(16(10,2)3)9-15(14)11-5-4-6-13(17)7-11/h10-15,17H,4-9H2,1-3H3/t10-,11-,12+,13+,14+,15+/m1/s1.